The summed E-state index contributed by atoms with van der Waals surface area (Å²) in [6.45, 7) is 8.25. The smallest absolute Gasteiger partial charge is 0.114 e. The van der Waals surface area contributed by atoms with Crippen molar-refractivity contribution in [2.24, 2.45) is 0 Å². The number of fused-ring (bicyclic) bond motifs is 1. The largest absolute Gasteiger partial charge is 0.303 e. The van der Waals surface area contributed by atoms with Gasteiger partial charge < -0.3 is 4.90 Å². The second-order valence-electron chi connectivity index (χ2n) is 5.41. The van der Waals surface area contributed by atoms with Gasteiger partial charge in [0.2, 0.25) is 0 Å². The third-order valence-electron chi connectivity index (χ3n) is 4.15. The SMILES string of the molecule is CCN(CC)CCNC1(C#N)Cc2ccc(Cl)cc2C1. The average Bonchev–Trinajstić information content (AvgIpc) is 2.82. The van der Waals surface area contributed by atoms with Gasteiger partial charge >= 0.3 is 0 Å². The molecule has 0 aromatic heterocycles. The Morgan fingerprint density at radius 2 is 2.00 bits per heavy atom. The molecule has 0 saturated heterocycles. The first kappa shape index (κ1) is 15.3. The highest BCUT2D eigenvalue weighted by molar-refractivity contribution is 6.30. The van der Waals surface area contributed by atoms with Crippen LogP contribution in [-0.2, 0) is 12.8 Å². The summed E-state index contributed by atoms with van der Waals surface area (Å²) >= 11 is 6.03. The van der Waals surface area contributed by atoms with Crippen LogP contribution in [0.2, 0.25) is 5.02 Å². The average molecular weight is 292 g/mol. The number of hydrogen-bond acceptors (Lipinski definition) is 3. The molecule has 3 nitrogen and oxygen atoms in total. The lowest BCUT2D eigenvalue weighted by atomic mass is 9.98. The van der Waals surface area contributed by atoms with Gasteiger partial charge in [0.25, 0.3) is 0 Å². The van der Waals surface area contributed by atoms with Crippen LogP contribution in [0.5, 0.6) is 0 Å². The lowest BCUT2D eigenvalue weighted by Crippen LogP contribution is -2.47. The first-order valence-electron chi connectivity index (χ1n) is 7.28. The molecule has 0 spiro atoms. The first-order chi connectivity index (χ1) is 9.62. The van der Waals surface area contributed by atoms with Gasteiger partial charge in [-0.05, 0) is 36.3 Å². The molecule has 1 aromatic rings. The zero-order valence-corrected chi connectivity index (χ0v) is 13.0. The van der Waals surface area contributed by atoms with Crippen LogP contribution in [0.4, 0.5) is 0 Å². The van der Waals surface area contributed by atoms with E-state index in [2.05, 4.69) is 30.1 Å². The predicted octanol–water partition coefficient (Wildman–Crippen LogP) is 2.63. The zero-order valence-electron chi connectivity index (χ0n) is 12.2. The highest BCUT2D eigenvalue weighted by Crippen LogP contribution is 2.31. The molecule has 20 heavy (non-hydrogen) atoms. The zero-order chi connectivity index (χ0) is 14.6. The number of benzene rings is 1. The Bertz CT molecular complexity index is 505. The minimum Gasteiger partial charge on any atom is -0.303 e. The highest BCUT2D eigenvalue weighted by Gasteiger charge is 2.37. The fourth-order valence-corrected chi connectivity index (χ4v) is 3.08. The van der Waals surface area contributed by atoms with E-state index in [1.165, 1.54) is 11.1 Å². The lowest BCUT2D eigenvalue weighted by Gasteiger charge is -2.25. The molecule has 0 saturated carbocycles. The Kier molecular flexibility index (Phi) is 5.04. The van der Waals surface area contributed by atoms with Crippen LogP contribution in [0, 0.1) is 11.3 Å². The number of hydrogen-bond donors (Lipinski definition) is 1. The van der Waals surface area contributed by atoms with Crippen LogP contribution in [0.25, 0.3) is 0 Å². The third-order valence-corrected chi connectivity index (χ3v) is 4.39. The molecule has 1 aromatic carbocycles. The van der Waals surface area contributed by atoms with Crippen molar-refractivity contribution in [1.29, 1.82) is 5.26 Å². The Labute approximate surface area is 126 Å². The number of nitrogens with one attached hydrogen (secondary N) is 1. The van der Waals surface area contributed by atoms with Crippen molar-refractivity contribution >= 4 is 11.6 Å². The number of nitrogens with zero attached hydrogens (tertiary/aromatic N) is 2. The van der Waals surface area contributed by atoms with Gasteiger partial charge in [-0.3, -0.25) is 5.32 Å². The summed E-state index contributed by atoms with van der Waals surface area (Å²) in [5.74, 6) is 0. The third kappa shape index (κ3) is 3.32. The normalized spacial score (nSPS) is 20.9. The minimum absolute atomic E-state index is 0.458. The van der Waals surface area contributed by atoms with Crippen molar-refractivity contribution in [2.45, 2.75) is 32.2 Å². The van der Waals surface area contributed by atoms with Gasteiger partial charge in [0.05, 0.1) is 6.07 Å². The Balaban J connectivity index is 1.98. The topological polar surface area (TPSA) is 39.1 Å². The summed E-state index contributed by atoms with van der Waals surface area (Å²) in [6, 6.07) is 8.42. The summed E-state index contributed by atoms with van der Waals surface area (Å²) in [7, 11) is 0. The van der Waals surface area contributed by atoms with Crippen molar-refractivity contribution < 1.29 is 0 Å². The standard InChI is InChI=1S/C16H22ClN3/c1-3-20(4-2)8-7-19-16(12-18)10-13-5-6-15(17)9-14(13)11-16/h5-6,9,19H,3-4,7-8,10-11H2,1-2H3. The summed E-state index contributed by atoms with van der Waals surface area (Å²) in [6.07, 6.45) is 1.52. The first-order valence-corrected chi connectivity index (χ1v) is 7.66. The fourth-order valence-electron chi connectivity index (χ4n) is 2.88. The van der Waals surface area contributed by atoms with Crippen molar-refractivity contribution in [3.63, 3.8) is 0 Å². The fraction of sp³-hybridized carbons (Fsp3) is 0.562. The molecule has 1 aliphatic rings. The molecule has 1 unspecified atom stereocenters. The molecule has 4 heteroatoms. The van der Waals surface area contributed by atoms with Crippen LogP contribution in [0.15, 0.2) is 18.2 Å². The van der Waals surface area contributed by atoms with Crippen LogP contribution < -0.4 is 5.32 Å². The van der Waals surface area contributed by atoms with Crippen LogP contribution >= 0.6 is 11.6 Å². The van der Waals surface area contributed by atoms with Gasteiger partial charge in [-0.25, -0.2) is 0 Å². The number of halogens is 1. The maximum Gasteiger partial charge on any atom is 0.114 e. The van der Waals surface area contributed by atoms with Gasteiger partial charge in [-0.15, -0.1) is 0 Å². The summed E-state index contributed by atoms with van der Waals surface area (Å²) in [5, 5.41) is 13.8. The molecule has 0 aliphatic heterocycles. The Morgan fingerprint density at radius 1 is 1.30 bits per heavy atom. The van der Waals surface area contributed by atoms with E-state index in [9.17, 15) is 5.26 Å². The molecule has 0 fully saturated rings. The maximum atomic E-state index is 9.58. The molecule has 1 N–H and O–H groups in total. The lowest BCUT2D eigenvalue weighted by molar-refractivity contribution is 0.287. The van der Waals surface area contributed by atoms with Gasteiger partial charge in [-0.1, -0.05) is 31.5 Å². The molecule has 0 heterocycles. The number of likely N-dealkylation sites (N-methyl/N-ethyl adjacent to an activating group) is 1. The monoisotopic (exact) mass is 291 g/mol. The van der Waals surface area contributed by atoms with E-state index >= 15 is 0 Å². The molecule has 0 amide bonds. The van der Waals surface area contributed by atoms with Gasteiger partial charge in [-0.2, -0.15) is 5.26 Å². The summed E-state index contributed by atoms with van der Waals surface area (Å²) in [5.41, 5.74) is 1.99. The van der Waals surface area contributed by atoms with E-state index in [1.54, 1.807) is 0 Å². The second-order valence-corrected chi connectivity index (χ2v) is 5.85. The summed E-state index contributed by atoms with van der Waals surface area (Å²) in [4.78, 5) is 2.36. The Hall–Kier alpha value is -1.08. The quantitative estimate of drug-likeness (QED) is 0.876. The van der Waals surface area contributed by atoms with Crippen LogP contribution in [0.3, 0.4) is 0 Å². The molecule has 2 rings (SSSR count). The summed E-state index contributed by atoms with van der Waals surface area (Å²) < 4.78 is 0. The minimum atomic E-state index is -0.458. The number of nitriles is 1. The molecule has 108 valence electrons. The molecule has 0 bridgehead atoms. The molecular formula is C16H22ClN3. The van der Waals surface area contributed by atoms with E-state index in [4.69, 9.17) is 11.6 Å². The van der Waals surface area contributed by atoms with Crippen LogP contribution in [0.1, 0.15) is 25.0 Å². The molecular weight excluding hydrogens is 270 g/mol. The van der Waals surface area contributed by atoms with Crippen molar-refractivity contribution in [1.82, 2.24) is 10.2 Å². The highest BCUT2D eigenvalue weighted by atomic mass is 35.5. The van der Waals surface area contributed by atoms with E-state index in [0.717, 1.165) is 44.0 Å². The molecule has 1 aliphatic carbocycles. The van der Waals surface area contributed by atoms with E-state index in [1.807, 2.05) is 18.2 Å². The predicted molar refractivity (Wildman–Crippen MR) is 83.0 cm³/mol. The molecule has 1 atom stereocenters. The van der Waals surface area contributed by atoms with E-state index in [0.29, 0.717) is 0 Å². The molecule has 0 radical (unpaired) electrons. The Morgan fingerprint density at radius 3 is 2.65 bits per heavy atom. The van der Waals surface area contributed by atoms with Gasteiger partial charge in [0.1, 0.15) is 5.54 Å². The van der Waals surface area contributed by atoms with Gasteiger partial charge in [0, 0.05) is 31.0 Å². The maximum absolute atomic E-state index is 9.58. The second kappa shape index (κ2) is 6.58. The van der Waals surface area contributed by atoms with E-state index < -0.39 is 5.54 Å². The number of rotatable bonds is 6. The van der Waals surface area contributed by atoms with Crippen LogP contribution in [-0.4, -0.2) is 36.6 Å². The van der Waals surface area contributed by atoms with Gasteiger partial charge in [0.15, 0.2) is 0 Å². The van der Waals surface area contributed by atoms with E-state index in [-0.39, 0.29) is 0 Å². The van der Waals surface area contributed by atoms with Crippen molar-refractivity contribution in [2.75, 3.05) is 26.2 Å². The van der Waals surface area contributed by atoms with Crippen molar-refractivity contribution in [3.8, 4) is 6.07 Å². The van der Waals surface area contributed by atoms with Crippen molar-refractivity contribution in [3.05, 3.63) is 34.3 Å².